The second-order valence-corrected chi connectivity index (χ2v) is 14.1. The topological polar surface area (TPSA) is 0 Å². The number of aryl methyl sites for hydroxylation is 1. The summed E-state index contributed by atoms with van der Waals surface area (Å²) >= 11 is 0. The van der Waals surface area contributed by atoms with Crippen LogP contribution >= 0.6 is 0 Å². The van der Waals surface area contributed by atoms with Crippen LogP contribution in [-0.4, -0.2) is 0 Å². The summed E-state index contributed by atoms with van der Waals surface area (Å²) < 4.78 is 0. The minimum absolute atomic E-state index is 1.22. The van der Waals surface area contributed by atoms with Gasteiger partial charge < -0.3 is 0 Å². The quantitative estimate of drug-likeness (QED) is 0.161. The summed E-state index contributed by atoms with van der Waals surface area (Å²) in [5.41, 5.74) is 10.0. The lowest BCUT2D eigenvalue weighted by atomic mass is 9.85. The van der Waals surface area contributed by atoms with Crippen LogP contribution in [0.1, 0.15) is 31.9 Å². The van der Waals surface area contributed by atoms with Crippen LogP contribution in [0.25, 0.3) is 104 Å². The van der Waals surface area contributed by atoms with Gasteiger partial charge in [0.1, 0.15) is 0 Å². The molecule has 54 heavy (non-hydrogen) atoms. The van der Waals surface area contributed by atoms with Crippen molar-refractivity contribution < 1.29 is 0 Å². The molecule has 0 nitrogen and oxygen atoms in total. The molecule has 0 atom stereocenters. The van der Waals surface area contributed by atoms with Gasteiger partial charge in [-0.15, -0.1) is 0 Å². The summed E-state index contributed by atoms with van der Waals surface area (Å²) in [7, 11) is 0. The van der Waals surface area contributed by atoms with Crippen LogP contribution in [0.2, 0.25) is 0 Å². The van der Waals surface area contributed by atoms with Gasteiger partial charge in [-0.2, -0.15) is 0 Å². The van der Waals surface area contributed by atoms with Crippen molar-refractivity contribution in [2.45, 2.75) is 27.7 Å². The Morgan fingerprint density at radius 1 is 0.333 bits per heavy atom. The number of benzene rings is 10. The van der Waals surface area contributed by atoms with E-state index in [4.69, 9.17) is 0 Å². The van der Waals surface area contributed by atoms with Gasteiger partial charge >= 0.3 is 0 Å². The molecule has 0 unspecified atom stereocenters. The van der Waals surface area contributed by atoms with E-state index in [9.17, 15) is 0 Å². The highest BCUT2D eigenvalue weighted by Crippen LogP contribution is 2.45. The van der Waals surface area contributed by atoms with Gasteiger partial charge in [-0.25, -0.2) is 0 Å². The van der Waals surface area contributed by atoms with Crippen molar-refractivity contribution in [3.8, 4) is 33.4 Å². The summed E-state index contributed by atoms with van der Waals surface area (Å²) in [5, 5.41) is 15.2. The third-order valence-corrected chi connectivity index (χ3v) is 11.1. The molecule has 10 rings (SSSR count). The van der Waals surface area contributed by atoms with Crippen LogP contribution in [-0.2, 0) is 0 Å². The molecule has 258 valence electrons. The Balaban J connectivity index is 0.00000189. The van der Waals surface area contributed by atoms with Crippen molar-refractivity contribution in [1.29, 1.82) is 0 Å². The summed E-state index contributed by atoms with van der Waals surface area (Å²) in [5.74, 6) is 0. The van der Waals surface area contributed by atoms with E-state index in [1.807, 2.05) is 13.8 Å². The van der Waals surface area contributed by atoms with Crippen LogP contribution in [0.15, 0.2) is 176 Å². The molecule has 0 heteroatoms. The average molecular weight is 691 g/mol. The summed E-state index contributed by atoms with van der Waals surface area (Å²) in [6.07, 6.45) is 4.33. The van der Waals surface area contributed by atoms with E-state index in [0.29, 0.717) is 0 Å². The van der Waals surface area contributed by atoms with Gasteiger partial charge in [0.05, 0.1) is 0 Å². The molecule has 0 radical (unpaired) electrons. The number of fused-ring (bicyclic) bond motifs is 9. The Labute approximate surface area is 317 Å². The van der Waals surface area contributed by atoms with Gasteiger partial charge in [-0.1, -0.05) is 159 Å². The van der Waals surface area contributed by atoms with E-state index in [1.165, 1.54) is 109 Å². The fraction of sp³-hybridized carbons (Fsp3) is 0.0741. The zero-order valence-electron chi connectivity index (χ0n) is 31.3. The van der Waals surface area contributed by atoms with Crippen molar-refractivity contribution in [1.82, 2.24) is 0 Å². The molecule has 0 heterocycles. The smallest absolute Gasteiger partial charge is 0.00921 e. The van der Waals surface area contributed by atoms with Gasteiger partial charge in [-0.05, 0) is 159 Å². The molecule has 0 aliphatic heterocycles. The zero-order chi connectivity index (χ0) is 36.8. The number of allylic oxidation sites excluding steroid dienone is 1. The summed E-state index contributed by atoms with van der Waals surface area (Å²) in [6, 6.07) is 63.5. The van der Waals surface area contributed by atoms with Crippen LogP contribution in [0.4, 0.5) is 0 Å². The standard InChI is InChI=1S/C52H36.C2H6/c1-3-12-35-27-37(22-21-33(35)2)38-25-26-46-48(29-38)52-31-47(40-24-23-34-13-4-5-14-36(34)28-40)43-18-9-11-20-45(43)50(52)32-51(46)49-30-39-15-6-7-16-41(39)42-17-8-10-19-44(42)49;1-2/h3-32H,1-2H3;1-2H3/b12-3-;. The average Bonchev–Trinajstić information content (AvgIpc) is 3.24. The molecule has 0 N–H and O–H groups in total. The van der Waals surface area contributed by atoms with Gasteiger partial charge in [-0.3, -0.25) is 0 Å². The summed E-state index contributed by atoms with van der Waals surface area (Å²) in [4.78, 5) is 0. The van der Waals surface area contributed by atoms with Crippen LogP contribution in [0, 0.1) is 6.92 Å². The highest BCUT2D eigenvalue weighted by atomic mass is 14.2. The molecule has 0 aliphatic carbocycles. The van der Waals surface area contributed by atoms with Gasteiger partial charge in [0.2, 0.25) is 0 Å². The van der Waals surface area contributed by atoms with E-state index in [0.717, 1.165) is 0 Å². The third kappa shape index (κ3) is 5.54. The Bertz CT molecular complexity index is 3080. The van der Waals surface area contributed by atoms with Crippen LogP contribution in [0.5, 0.6) is 0 Å². The van der Waals surface area contributed by atoms with Crippen molar-refractivity contribution in [3.63, 3.8) is 0 Å². The van der Waals surface area contributed by atoms with Crippen molar-refractivity contribution in [2.24, 2.45) is 0 Å². The molecule has 10 aromatic rings. The van der Waals surface area contributed by atoms with Crippen molar-refractivity contribution in [2.75, 3.05) is 0 Å². The highest BCUT2D eigenvalue weighted by Gasteiger charge is 2.18. The van der Waals surface area contributed by atoms with Gasteiger partial charge in [0.15, 0.2) is 0 Å². The normalized spacial score (nSPS) is 11.6. The summed E-state index contributed by atoms with van der Waals surface area (Å²) in [6.45, 7) is 8.27. The molecule has 0 spiro atoms. The predicted molar refractivity (Wildman–Crippen MR) is 239 cm³/mol. The second kappa shape index (κ2) is 13.8. The minimum Gasteiger partial charge on any atom is -0.0871 e. The fourth-order valence-electron chi connectivity index (χ4n) is 8.45. The van der Waals surface area contributed by atoms with Gasteiger partial charge in [0.25, 0.3) is 0 Å². The van der Waals surface area contributed by atoms with E-state index < -0.39 is 0 Å². The molecule has 0 aromatic heterocycles. The molecule has 10 aromatic carbocycles. The molecule has 0 bridgehead atoms. The van der Waals surface area contributed by atoms with E-state index in [1.54, 1.807) is 0 Å². The first-order chi connectivity index (χ1) is 26.6. The molecule has 0 saturated carbocycles. The molecule has 0 aliphatic rings. The first-order valence-electron chi connectivity index (χ1n) is 19.2. The molecule has 0 fully saturated rings. The number of hydrogen-bond donors (Lipinski definition) is 0. The van der Waals surface area contributed by atoms with Crippen LogP contribution < -0.4 is 0 Å². The van der Waals surface area contributed by atoms with Crippen LogP contribution in [0.3, 0.4) is 0 Å². The third-order valence-electron chi connectivity index (χ3n) is 11.1. The Kier molecular flexibility index (Phi) is 8.53. The molecule has 0 amide bonds. The lowest BCUT2D eigenvalue weighted by Crippen LogP contribution is -1.91. The SMILES string of the molecule is C/C=C\c1cc(-c2ccc3c(-c4cc5ccccc5c5ccccc45)cc4c5ccccc5c(-c5ccc6ccccc6c5)cc4c3c2)ccc1C.CC. The lowest BCUT2D eigenvalue weighted by Gasteiger charge is -2.19. The zero-order valence-corrected chi connectivity index (χ0v) is 31.3. The maximum absolute atomic E-state index is 2.47. The maximum atomic E-state index is 2.47. The Hall–Kier alpha value is -6.50. The van der Waals surface area contributed by atoms with E-state index in [-0.39, 0.29) is 0 Å². The first kappa shape index (κ1) is 33.3. The molecular weight excluding hydrogens is 649 g/mol. The number of rotatable bonds is 4. The first-order valence-corrected chi connectivity index (χ1v) is 19.2. The van der Waals surface area contributed by atoms with Gasteiger partial charge in [0, 0.05) is 0 Å². The molecular formula is C54H42. The fourth-order valence-corrected chi connectivity index (χ4v) is 8.45. The number of hydrogen-bond acceptors (Lipinski definition) is 0. The minimum atomic E-state index is 1.22. The monoisotopic (exact) mass is 690 g/mol. The van der Waals surface area contributed by atoms with E-state index in [2.05, 4.69) is 196 Å². The highest BCUT2D eigenvalue weighted by molar-refractivity contribution is 6.26. The largest absolute Gasteiger partial charge is 0.0871 e. The second-order valence-electron chi connectivity index (χ2n) is 14.1. The Morgan fingerprint density at radius 3 is 1.59 bits per heavy atom. The van der Waals surface area contributed by atoms with Crippen molar-refractivity contribution in [3.05, 3.63) is 187 Å². The van der Waals surface area contributed by atoms with E-state index >= 15 is 0 Å². The van der Waals surface area contributed by atoms with Crippen molar-refractivity contribution >= 4 is 70.7 Å². The predicted octanol–water partition coefficient (Wildman–Crippen LogP) is 16.0. The maximum Gasteiger partial charge on any atom is -0.00921 e. The lowest BCUT2D eigenvalue weighted by molar-refractivity contribution is 1.44. The molecule has 0 saturated heterocycles. The Morgan fingerprint density at radius 2 is 0.833 bits per heavy atom.